The van der Waals surface area contributed by atoms with E-state index >= 15 is 0 Å². The van der Waals surface area contributed by atoms with Crippen LogP contribution in [0.2, 0.25) is 0 Å². The third-order valence-electron chi connectivity index (χ3n) is 4.77. The number of hydrogen-bond acceptors (Lipinski definition) is 4. The molecule has 0 fully saturated rings. The molecule has 0 bridgehead atoms. The average molecular weight is 437 g/mol. The second-order valence-electron chi connectivity index (χ2n) is 7.31. The first kappa shape index (κ1) is 24.3. The number of amides is 1. The second kappa shape index (κ2) is 12.7. The van der Waals surface area contributed by atoms with Gasteiger partial charge in [-0.15, -0.1) is 11.8 Å². The van der Waals surface area contributed by atoms with Crippen LogP contribution in [0.3, 0.4) is 0 Å². The Kier molecular flexibility index (Phi) is 10.3. The van der Waals surface area contributed by atoms with Crippen LogP contribution in [-0.4, -0.2) is 42.5 Å². The average Bonchev–Trinajstić information content (AvgIpc) is 2.70. The molecule has 30 heavy (non-hydrogen) atoms. The van der Waals surface area contributed by atoms with Crippen LogP contribution in [0.1, 0.15) is 30.9 Å². The SMILES string of the molecule is CCCCNC[C@H](O)[C@H](Cc1cc(F)cc(F)c1)NC(=O)Cc1ccc(SC)cc1. The molecule has 0 unspecified atom stereocenters. The normalized spacial score (nSPS) is 13.1. The Bertz CT molecular complexity index is 782. The van der Waals surface area contributed by atoms with Gasteiger partial charge in [0.25, 0.3) is 0 Å². The van der Waals surface area contributed by atoms with E-state index in [1.54, 1.807) is 11.8 Å². The number of benzene rings is 2. The van der Waals surface area contributed by atoms with Gasteiger partial charge in [0.15, 0.2) is 0 Å². The molecule has 0 aliphatic rings. The van der Waals surface area contributed by atoms with E-state index in [0.717, 1.165) is 35.9 Å². The topological polar surface area (TPSA) is 61.4 Å². The standard InChI is InChI=1S/C23H30F2N2O2S/c1-3-4-9-26-15-22(28)21(12-17-10-18(24)14-19(25)11-17)27-23(29)13-16-5-7-20(30-2)8-6-16/h5-8,10-11,14,21-22,26,28H,3-4,9,12-13,15H2,1-2H3,(H,27,29)/t21-,22-/m0/s1. The summed E-state index contributed by atoms with van der Waals surface area (Å²) in [5.74, 6) is -1.61. The maximum absolute atomic E-state index is 13.6. The van der Waals surface area contributed by atoms with Crippen molar-refractivity contribution in [3.63, 3.8) is 0 Å². The molecule has 0 radical (unpaired) electrons. The summed E-state index contributed by atoms with van der Waals surface area (Å²) < 4.78 is 27.1. The number of nitrogens with one attached hydrogen (secondary N) is 2. The van der Waals surface area contributed by atoms with Gasteiger partial charge in [0.1, 0.15) is 11.6 Å². The van der Waals surface area contributed by atoms with E-state index in [4.69, 9.17) is 0 Å². The van der Waals surface area contributed by atoms with Gasteiger partial charge in [0.2, 0.25) is 5.91 Å². The first-order valence-electron chi connectivity index (χ1n) is 10.2. The summed E-state index contributed by atoms with van der Waals surface area (Å²) in [4.78, 5) is 13.7. The molecule has 0 saturated heterocycles. The minimum absolute atomic E-state index is 0.127. The lowest BCUT2D eigenvalue weighted by molar-refractivity contribution is -0.122. The molecule has 7 heteroatoms. The summed E-state index contributed by atoms with van der Waals surface area (Å²) in [6.07, 6.45) is 3.39. The zero-order valence-corrected chi connectivity index (χ0v) is 18.3. The smallest absolute Gasteiger partial charge is 0.224 e. The highest BCUT2D eigenvalue weighted by atomic mass is 32.2. The summed E-state index contributed by atoms with van der Waals surface area (Å²) in [7, 11) is 0. The van der Waals surface area contributed by atoms with E-state index < -0.39 is 23.8 Å². The Morgan fingerprint density at radius 2 is 1.77 bits per heavy atom. The van der Waals surface area contributed by atoms with E-state index in [2.05, 4.69) is 17.6 Å². The maximum Gasteiger partial charge on any atom is 0.224 e. The first-order valence-corrected chi connectivity index (χ1v) is 11.4. The van der Waals surface area contributed by atoms with Crippen LogP contribution in [0.25, 0.3) is 0 Å². The lowest BCUT2D eigenvalue weighted by atomic mass is 10.00. The van der Waals surface area contributed by atoms with Gasteiger partial charge >= 0.3 is 0 Å². The fourth-order valence-corrected chi connectivity index (χ4v) is 3.55. The molecular weight excluding hydrogens is 406 g/mol. The molecule has 0 saturated carbocycles. The van der Waals surface area contributed by atoms with Gasteiger partial charge < -0.3 is 15.7 Å². The fourth-order valence-electron chi connectivity index (χ4n) is 3.15. The van der Waals surface area contributed by atoms with Gasteiger partial charge in [0.05, 0.1) is 18.6 Å². The first-order chi connectivity index (χ1) is 14.4. The number of halogens is 2. The molecular formula is C23H30F2N2O2S. The summed E-state index contributed by atoms with van der Waals surface area (Å²) in [6, 6.07) is 10.3. The molecule has 0 aliphatic heterocycles. The minimum Gasteiger partial charge on any atom is -0.390 e. The summed E-state index contributed by atoms with van der Waals surface area (Å²) in [6.45, 7) is 3.11. The third-order valence-corrected chi connectivity index (χ3v) is 5.52. The van der Waals surface area contributed by atoms with Gasteiger partial charge in [-0.3, -0.25) is 4.79 Å². The third kappa shape index (κ3) is 8.42. The number of aliphatic hydroxyl groups is 1. The maximum atomic E-state index is 13.6. The molecule has 2 aromatic rings. The van der Waals surface area contributed by atoms with Crippen molar-refractivity contribution in [2.24, 2.45) is 0 Å². The fraction of sp³-hybridized carbons (Fsp3) is 0.435. The summed E-state index contributed by atoms with van der Waals surface area (Å²) in [5, 5.41) is 16.6. The van der Waals surface area contributed by atoms with Gasteiger partial charge in [-0.05, 0) is 61.0 Å². The number of rotatable bonds is 12. The largest absolute Gasteiger partial charge is 0.390 e. The van der Waals surface area contributed by atoms with Crippen LogP contribution in [0.15, 0.2) is 47.4 Å². The van der Waals surface area contributed by atoms with E-state index in [0.29, 0.717) is 5.56 Å². The summed E-state index contributed by atoms with van der Waals surface area (Å²) >= 11 is 1.62. The zero-order valence-electron chi connectivity index (χ0n) is 17.5. The monoisotopic (exact) mass is 436 g/mol. The van der Waals surface area contributed by atoms with Gasteiger partial charge in [0, 0.05) is 17.5 Å². The summed E-state index contributed by atoms with van der Waals surface area (Å²) in [5.41, 5.74) is 1.24. The number of carbonyl (C=O) groups is 1. The van der Waals surface area contributed by atoms with Crippen LogP contribution in [0.4, 0.5) is 8.78 Å². The zero-order chi connectivity index (χ0) is 21.9. The lowest BCUT2D eigenvalue weighted by Crippen LogP contribution is -2.49. The van der Waals surface area contributed by atoms with Gasteiger partial charge in [-0.25, -0.2) is 8.78 Å². The van der Waals surface area contributed by atoms with Crippen molar-refractivity contribution in [3.05, 3.63) is 65.2 Å². The Balaban J connectivity index is 2.05. The molecule has 1 amide bonds. The molecule has 0 aromatic heterocycles. The van der Waals surface area contributed by atoms with Crippen molar-refractivity contribution in [1.82, 2.24) is 10.6 Å². The minimum atomic E-state index is -0.893. The number of unbranched alkanes of at least 4 members (excludes halogenated alkanes) is 1. The number of thioether (sulfide) groups is 1. The Labute approximate surface area is 181 Å². The van der Waals surface area contributed by atoms with E-state index in [1.165, 1.54) is 12.1 Å². The van der Waals surface area contributed by atoms with Crippen molar-refractivity contribution >= 4 is 17.7 Å². The number of aliphatic hydroxyl groups excluding tert-OH is 1. The Hall–Kier alpha value is -1.96. The van der Waals surface area contributed by atoms with Crippen molar-refractivity contribution < 1.29 is 18.7 Å². The van der Waals surface area contributed by atoms with Crippen LogP contribution < -0.4 is 10.6 Å². The van der Waals surface area contributed by atoms with Crippen LogP contribution in [-0.2, 0) is 17.6 Å². The molecule has 0 spiro atoms. The van der Waals surface area contributed by atoms with Crippen LogP contribution >= 0.6 is 11.8 Å². The molecule has 0 aliphatic carbocycles. The predicted octanol–water partition coefficient (Wildman–Crippen LogP) is 3.71. The van der Waals surface area contributed by atoms with Crippen LogP contribution in [0.5, 0.6) is 0 Å². The predicted molar refractivity (Wildman–Crippen MR) is 118 cm³/mol. The lowest BCUT2D eigenvalue weighted by Gasteiger charge is -2.25. The van der Waals surface area contributed by atoms with E-state index in [1.807, 2.05) is 30.5 Å². The van der Waals surface area contributed by atoms with E-state index in [-0.39, 0.29) is 25.3 Å². The van der Waals surface area contributed by atoms with Crippen LogP contribution in [0, 0.1) is 11.6 Å². The Morgan fingerprint density at radius 1 is 1.10 bits per heavy atom. The molecule has 3 N–H and O–H groups in total. The van der Waals surface area contributed by atoms with Gasteiger partial charge in [-0.1, -0.05) is 25.5 Å². The van der Waals surface area contributed by atoms with Gasteiger partial charge in [-0.2, -0.15) is 0 Å². The van der Waals surface area contributed by atoms with Crippen molar-refractivity contribution in [2.75, 3.05) is 19.3 Å². The molecule has 4 nitrogen and oxygen atoms in total. The molecule has 2 aromatic carbocycles. The highest BCUT2D eigenvalue weighted by molar-refractivity contribution is 7.98. The van der Waals surface area contributed by atoms with Crippen molar-refractivity contribution in [3.8, 4) is 0 Å². The Morgan fingerprint density at radius 3 is 2.37 bits per heavy atom. The highest BCUT2D eigenvalue weighted by Crippen LogP contribution is 2.16. The second-order valence-corrected chi connectivity index (χ2v) is 8.19. The number of hydrogen-bond donors (Lipinski definition) is 3. The quantitative estimate of drug-likeness (QED) is 0.351. The molecule has 2 rings (SSSR count). The van der Waals surface area contributed by atoms with Crippen molar-refractivity contribution in [1.29, 1.82) is 0 Å². The van der Waals surface area contributed by atoms with Crippen molar-refractivity contribution in [2.45, 2.75) is 49.6 Å². The number of carbonyl (C=O) groups excluding carboxylic acids is 1. The molecule has 164 valence electrons. The molecule has 0 heterocycles. The van der Waals surface area contributed by atoms with E-state index in [9.17, 15) is 18.7 Å². The molecule has 2 atom stereocenters. The highest BCUT2D eigenvalue weighted by Gasteiger charge is 2.22.